The molecule has 0 aliphatic rings. The molecule has 74 valence electrons. The van der Waals surface area contributed by atoms with Crippen LogP contribution in [0.15, 0.2) is 23.0 Å². The lowest BCUT2D eigenvalue weighted by atomic mass is 10.1. The van der Waals surface area contributed by atoms with E-state index in [9.17, 15) is 13.2 Å². The molecule has 5 heteroatoms. The molecule has 0 aromatic carbocycles. The first kappa shape index (κ1) is 10.1. The molecule has 0 saturated heterocycles. The lowest BCUT2D eigenvalue weighted by molar-refractivity contribution is -0.140. The van der Waals surface area contributed by atoms with Crippen LogP contribution in [0.25, 0.3) is 0 Å². The smallest absolute Gasteiger partial charge is 0.390 e. The van der Waals surface area contributed by atoms with Crippen molar-refractivity contribution in [1.29, 1.82) is 0 Å². The number of rotatable bonds is 3. The lowest BCUT2D eigenvalue weighted by Crippen LogP contribution is -2.23. The Morgan fingerprint density at radius 2 is 2.23 bits per heavy atom. The van der Waals surface area contributed by atoms with Crippen LogP contribution in [0.3, 0.4) is 0 Å². The van der Waals surface area contributed by atoms with Gasteiger partial charge in [0.25, 0.3) is 0 Å². The van der Waals surface area contributed by atoms with Gasteiger partial charge < -0.3 is 9.73 Å². The van der Waals surface area contributed by atoms with Crippen LogP contribution in [0.2, 0.25) is 0 Å². The molecule has 1 heterocycles. The largest absolute Gasteiger partial charge is 0.472 e. The fraction of sp³-hybridized carbons (Fsp3) is 0.500. The molecule has 0 amide bonds. The van der Waals surface area contributed by atoms with E-state index in [2.05, 4.69) is 5.32 Å². The van der Waals surface area contributed by atoms with E-state index in [0.29, 0.717) is 5.56 Å². The average Bonchev–Trinajstić information content (AvgIpc) is 2.50. The molecular weight excluding hydrogens is 183 g/mol. The molecule has 0 fully saturated rings. The summed E-state index contributed by atoms with van der Waals surface area (Å²) in [4.78, 5) is 0. The molecule has 1 unspecified atom stereocenters. The highest BCUT2D eigenvalue weighted by molar-refractivity contribution is 5.11. The number of furan rings is 1. The van der Waals surface area contributed by atoms with E-state index in [-0.39, 0.29) is 0 Å². The Bertz CT molecular complexity index is 242. The van der Waals surface area contributed by atoms with Gasteiger partial charge in [-0.05, 0) is 13.1 Å². The molecule has 0 aliphatic heterocycles. The lowest BCUT2D eigenvalue weighted by Gasteiger charge is -2.15. The summed E-state index contributed by atoms with van der Waals surface area (Å²) in [5, 5.41) is 2.58. The van der Waals surface area contributed by atoms with Gasteiger partial charge in [0.1, 0.15) is 0 Å². The first-order valence-electron chi connectivity index (χ1n) is 3.79. The molecule has 13 heavy (non-hydrogen) atoms. The van der Waals surface area contributed by atoms with Crippen molar-refractivity contribution in [2.45, 2.75) is 18.6 Å². The molecule has 1 aromatic rings. The van der Waals surface area contributed by atoms with E-state index in [1.165, 1.54) is 25.6 Å². The molecule has 1 rings (SSSR count). The average molecular weight is 193 g/mol. The second kappa shape index (κ2) is 3.83. The summed E-state index contributed by atoms with van der Waals surface area (Å²) in [6.07, 6.45) is -2.38. The van der Waals surface area contributed by atoms with Gasteiger partial charge in [-0.1, -0.05) is 0 Å². The van der Waals surface area contributed by atoms with Crippen molar-refractivity contribution in [3.63, 3.8) is 0 Å². The van der Waals surface area contributed by atoms with Crippen LogP contribution in [0.4, 0.5) is 13.2 Å². The minimum Gasteiger partial charge on any atom is -0.472 e. The molecule has 1 aromatic heterocycles. The summed E-state index contributed by atoms with van der Waals surface area (Å²) in [5.74, 6) is 0. The monoisotopic (exact) mass is 193 g/mol. The van der Waals surface area contributed by atoms with Gasteiger partial charge in [-0.15, -0.1) is 0 Å². The maximum atomic E-state index is 12.0. The Balaban J connectivity index is 2.64. The normalized spacial score (nSPS) is 14.5. The number of nitrogens with one attached hydrogen (secondary N) is 1. The molecular formula is C8H10F3NO. The zero-order valence-electron chi connectivity index (χ0n) is 7.06. The van der Waals surface area contributed by atoms with Gasteiger partial charge in [0.05, 0.1) is 18.9 Å². The van der Waals surface area contributed by atoms with Gasteiger partial charge in [-0.25, -0.2) is 0 Å². The zero-order chi connectivity index (χ0) is 9.90. The van der Waals surface area contributed by atoms with Crippen LogP contribution in [-0.4, -0.2) is 13.2 Å². The van der Waals surface area contributed by atoms with Crippen molar-refractivity contribution in [3.05, 3.63) is 24.2 Å². The third-order valence-corrected chi connectivity index (χ3v) is 1.73. The Hall–Kier alpha value is -0.970. The van der Waals surface area contributed by atoms with E-state index in [4.69, 9.17) is 4.42 Å². The van der Waals surface area contributed by atoms with Gasteiger partial charge in [0.15, 0.2) is 0 Å². The van der Waals surface area contributed by atoms with Gasteiger partial charge in [0, 0.05) is 11.6 Å². The highest BCUT2D eigenvalue weighted by atomic mass is 19.4. The van der Waals surface area contributed by atoms with Gasteiger partial charge in [-0.3, -0.25) is 0 Å². The SMILES string of the molecule is CNC(CC(F)(F)F)c1ccoc1. The quantitative estimate of drug-likeness (QED) is 0.797. The summed E-state index contributed by atoms with van der Waals surface area (Å²) >= 11 is 0. The van der Waals surface area contributed by atoms with Crippen molar-refractivity contribution in [2.75, 3.05) is 7.05 Å². The second-order valence-corrected chi connectivity index (χ2v) is 2.72. The van der Waals surface area contributed by atoms with Gasteiger partial charge >= 0.3 is 6.18 Å². The molecule has 1 N–H and O–H groups in total. The van der Waals surface area contributed by atoms with Crippen LogP contribution < -0.4 is 5.32 Å². The van der Waals surface area contributed by atoms with Crippen LogP contribution in [0.5, 0.6) is 0 Å². The Kier molecular flexibility index (Phi) is 2.98. The van der Waals surface area contributed by atoms with Crippen molar-refractivity contribution >= 4 is 0 Å². The van der Waals surface area contributed by atoms with E-state index >= 15 is 0 Å². The summed E-state index contributed by atoms with van der Waals surface area (Å²) < 4.78 is 40.7. The standard InChI is InChI=1S/C8H10F3NO/c1-12-7(4-8(9,10)11)6-2-3-13-5-6/h2-3,5,7,12H,4H2,1H3. The number of hydrogen-bond acceptors (Lipinski definition) is 2. The Labute approximate surface area is 73.7 Å². The van der Waals surface area contributed by atoms with Crippen molar-refractivity contribution in [3.8, 4) is 0 Å². The van der Waals surface area contributed by atoms with Crippen molar-refractivity contribution in [2.24, 2.45) is 0 Å². The fourth-order valence-corrected chi connectivity index (χ4v) is 1.09. The fourth-order valence-electron chi connectivity index (χ4n) is 1.09. The zero-order valence-corrected chi connectivity index (χ0v) is 7.06. The molecule has 0 spiro atoms. The van der Waals surface area contributed by atoms with E-state index in [1.807, 2.05) is 0 Å². The minimum absolute atomic E-state index is 0.514. The van der Waals surface area contributed by atoms with Gasteiger partial charge in [0.2, 0.25) is 0 Å². The molecule has 0 aliphatic carbocycles. The summed E-state index contributed by atoms with van der Waals surface area (Å²) in [7, 11) is 1.49. The number of halogens is 3. The predicted molar refractivity (Wildman–Crippen MR) is 41.2 cm³/mol. The number of alkyl halides is 3. The van der Waals surface area contributed by atoms with E-state index in [1.54, 1.807) is 0 Å². The molecule has 0 radical (unpaired) electrons. The predicted octanol–water partition coefficient (Wildman–Crippen LogP) is 2.49. The number of hydrogen-bond donors (Lipinski definition) is 1. The molecule has 2 nitrogen and oxygen atoms in total. The maximum Gasteiger partial charge on any atom is 0.390 e. The third-order valence-electron chi connectivity index (χ3n) is 1.73. The minimum atomic E-state index is -4.16. The van der Waals surface area contributed by atoms with Crippen LogP contribution in [0.1, 0.15) is 18.0 Å². The summed E-state index contributed by atoms with van der Waals surface area (Å²) in [6, 6.07) is 0.797. The Morgan fingerprint density at radius 3 is 2.62 bits per heavy atom. The van der Waals surface area contributed by atoms with E-state index in [0.717, 1.165) is 0 Å². The summed E-state index contributed by atoms with van der Waals surface area (Å²) in [6.45, 7) is 0. The summed E-state index contributed by atoms with van der Waals surface area (Å²) in [5.41, 5.74) is 0.514. The van der Waals surface area contributed by atoms with Crippen LogP contribution >= 0.6 is 0 Å². The topological polar surface area (TPSA) is 25.2 Å². The highest BCUT2D eigenvalue weighted by Crippen LogP contribution is 2.29. The first-order valence-corrected chi connectivity index (χ1v) is 3.79. The van der Waals surface area contributed by atoms with Crippen molar-refractivity contribution in [1.82, 2.24) is 5.32 Å². The van der Waals surface area contributed by atoms with E-state index < -0.39 is 18.6 Å². The molecule has 1 atom stereocenters. The molecule has 0 bridgehead atoms. The highest BCUT2D eigenvalue weighted by Gasteiger charge is 2.32. The third kappa shape index (κ3) is 3.10. The first-order chi connectivity index (χ1) is 6.03. The van der Waals surface area contributed by atoms with Gasteiger partial charge in [-0.2, -0.15) is 13.2 Å². The maximum absolute atomic E-state index is 12.0. The van der Waals surface area contributed by atoms with Crippen molar-refractivity contribution < 1.29 is 17.6 Å². The van der Waals surface area contributed by atoms with Crippen LogP contribution in [-0.2, 0) is 0 Å². The molecule has 0 saturated carbocycles. The van der Waals surface area contributed by atoms with Crippen LogP contribution in [0, 0.1) is 0 Å². The Morgan fingerprint density at radius 1 is 1.54 bits per heavy atom. The second-order valence-electron chi connectivity index (χ2n) is 2.72.